The normalized spacial score (nSPS) is 12.2. The van der Waals surface area contributed by atoms with Gasteiger partial charge in [0.15, 0.2) is 0 Å². The van der Waals surface area contributed by atoms with Gasteiger partial charge in [0.1, 0.15) is 0 Å². The van der Waals surface area contributed by atoms with Gasteiger partial charge < -0.3 is 10.0 Å². The third-order valence-electron chi connectivity index (χ3n) is 3.56. The number of benzene rings is 2. The molecular weight excluding hydrogens is 246 g/mol. The van der Waals surface area contributed by atoms with Crippen LogP contribution in [0.15, 0.2) is 48.5 Å². The molecule has 0 aliphatic heterocycles. The summed E-state index contributed by atoms with van der Waals surface area (Å²) >= 11 is 0. The van der Waals surface area contributed by atoms with Gasteiger partial charge in [-0.3, -0.25) is 0 Å². The summed E-state index contributed by atoms with van der Waals surface area (Å²) in [4.78, 5) is 2.13. The lowest BCUT2D eigenvalue weighted by atomic mass is 10.1. The van der Waals surface area contributed by atoms with E-state index in [0.29, 0.717) is 13.0 Å². The highest BCUT2D eigenvalue weighted by Crippen LogP contribution is 2.20. The van der Waals surface area contributed by atoms with E-state index in [1.165, 1.54) is 22.4 Å². The number of aryl methyl sites for hydroxylation is 2. The summed E-state index contributed by atoms with van der Waals surface area (Å²) in [6, 6.07) is 16.5. The summed E-state index contributed by atoms with van der Waals surface area (Å²) in [6.07, 6.45) is 0.332. The van der Waals surface area contributed by atoms with E-state index in [-0.39, 0.29) is 6.10 Å². The zero-order chi connectivity index (χ0) is 14.5. The zero-order valence-electron chi connectivity index (χ0n) is 12.5. The standard InChI is InChI=1S/C18H23NO/c1-14-9-10-18(15(2)11-14)19(3)13-17(20)12-16-7-5-4-6-8-16/h4-11,17,20H,12-13H2,1-3H3/t17-/m0/s1. The zero-order valence-corrected chi connectivity index (χ0v) is 12.5. The van der Waals surface area contributed by atoms with Crippen molar-refractivity contribution < 1.29 is 5.11 Å². The minimum Gasteiger partial charge on any atom is -0.391 e. The Hall–Kier alpha value is -1.80. The summed E-state index contributed by atoms with van der Waals surface area (Å²) in [5, 5.41) is 10.2. The molecule has 2 aromatic rings. The number of hydrogen-bond donors (Lipinski definition) is 1. The average Bonchev–Trinajstić information content (AvgIpc) is 2.39. The molecule has 0 heterocycles. The Morgan fingerprint density at radius 3 is 2.40 bits per heavy atom. The van der Waals surface area contributed by atoms with E-state index in [9.17, 15) is 5.11 Å². The van der Waals surface area contributed by atoms with E-state index in [0.717, 1.165) is 0 Å². The van der Waals surface area contributed by atoms with Gasteiger partial charge >= 0.3 is 0 Å². The van der Waals surface area contributed by atoms with Crippen LogP contribution >= 0.6 is 0 Å². The molecule has 1 N–H and O–H groups in total. The molecule has 0 saturated carbocycles. The second-order valence-corrected chi connectivity index (χ2v) is 5.51. The topological polar surface area (TPSA) is 23.5 Å². The van der Waals surface area contributed by atoms with Crippen LogP contribution < -0.4 is 4.90 Å². The van der Waals surface area contributed by atoms with Crippen molar-refractivity contribution in [2.75, 3.05) is 18.5 Å². The number of aliphatic hydroxyl groups excluding tert-OH is 1. The van der Waals surface area contributed by atoms with Gasteiger partial charge in [-0.1, -0.05) is 48.0 Å². The summed E-state index contributed by atoms with van der Waals surface area (Å²) in [5.41, 5.74) is 4.88. The van der Waals surface area contributed by atoms with Gasteiger partial charge in [-0.05, 0) is 31.0 Å². The highest BCUT2D eigenvalue weighted by Gasteiger charge is 2.11. The molecule has 0 unspecified atom stereocenters. The molecule has 2 heteroatoms. The maximum Gasteiger partial charge on any atom is 0.0755 e. The number of nitrogens with zero attached hydrogens (tertiary/aromatic N) is 1. The number of aliphatic hydroxyl groups is 1. The van der Waals surface area contributed by atoms with Crippen LogP contribution in [0.25, 0.3) is 0 Å². The second kappa shape index (κ2) is 6.58. The minimum absolute atomic E-state index is 0.358. The van der Waals surface area contributed by atoms with Crippen LogP contribution in [0.3, 0.4) is 0 Å². The first-order valence-electron chi connectivity index (χ1n) is 7.06. The predicted octanol–water partition coefficient (Wildman–Crippen LogP) is 3.34. The van der Waals surface area contributed by atoms with Crippen LogP contribution in [0.5, 0.6) is 0 Å². The van der Waals surface area contributed by atoms with Crippen LogP contribution in [-0.4, -0.2) is 24.8 Å². The Labute approximate surface area is 121 Å². The van der Waals surface area contributed by atoms with Gasteiger partial charge in [0.05, 0.1) is 6.10 Å². The van der Waals surface area contributed by atoms with E-state index in [1.807, 2.05) is 25.2 Å². The van der Waals surface area contributed by atoms with Crippen LogP contribution in [0.1, 0.15) is 16.7 Å². The highest BCUT2D eigenvalue weighted by molar-refractivity contribution is 5.53. The molecule has 0 fully saturated rings. The van der Waals surface area contributed by atoms with Crippen molar-refractivity contribution in [2.45, 2.75) is 26.4 Å². The Morgan fingerprint density at radius 2 is 1.75 bits per heavy atom. The Morgan fingerprint density at radius 1 is 1.05 bits per heavy atom. The molecule has 2 rings (SSSR count). The van der Waals surface area contributed by atoms with Crippen molar-refractivity contribution in [3.63, 3.8) is 0 Å². The molecule has 0 aromatic heterocycles. The van der Waals surface area contributed by atoms with Crippen LogP contribution in [0.2, 0.25) is 0 Å². The highest BCUT2D eigenvalue weighted by atomic mass is 16.3. The number of likely N-dealkylation sites (N-methyl/N-ethyl adjacent to an activating group) is 1. The Kier molecular flexibility index (Phi) is 4.80. The van der Waals surface area contributed by atoms with Crippen LogP contribution in [0, 0.1) is 13.8 Å². The SMILES string of the molecule is Cc1ccc(N(C)C[C@@H](O)Cc2ccccc2)c(C)c1. The fourth-order valence-corrected chi connectivity index (χ4v) is 2.60. The Bertz CT molecular complexity index is 551. The lowest BCUT2D eigenvalue weighted by Crippen LogP contribution is -2.30. The van der Waals surface area contributed by atoms with E-state index in [1.54, 1.807) is 0 Å². The molecule has 0 spiro atoms. The molecule has 0 saturated heterocycles. The lowest BCUT2D eigenvalue weighted by molar-refractivity contribution is 0.181. The third kappa shape index (κ3) is 3.84. The first-order valence-corrected chi connectivity index (χ1v) is 7.06. The van der Waals surface area contributed by atoms with Gasteiger partial charge in [0, 0.05) is 25.7 Å². The summed E-state index contributed by atoms with van der Waals surface area (Å²) in [6.45, 7) is 4.85. The van der Waals surface area contributed by atoms with Crippen molar-refractivity contribution in [3.05, 3.63) is 65.2 Å². The van der Waals surface area contributed by atoms with Crippen molar-refractivity contribution in [1.82, 2.24) is 0 Å². The van der Waals surface area contributed by atoms with E-state index < -0.39 is 0 Å². The minimum atomic E-state index is -0.358. The third-order valence-corrected chi connectivity index (χ3v) is 3.56. The Balaban J connectivity index is 1.98. The predicted molar refractivity (Wildman–Crippen MR) is 85.3 cm³/mol. The van der Waals surface area contributed by atoms with Crippen molar-refractivity contribution in [1.29, 1.82) is 0 Å². The van der Waals surface area contributed by atoms with Crippen molar-refractivity contribution in [2.24, 2.45) is 0 Å². The first kappa shape index (κ1) is 14.6. The van der Waals surface area contributed by atoms with Crippen LogP contribution in [0.4, 0.5) is 5.69 Å². The quantitative estimate of drug-likeness (QED) is 0.900. The van der Waals surface area contributed by atoms with Crippen LogP contribution in [-0.2, 0) is 6.42 Å². The summed E-state index contributed by atoms with van der Waals surface area (Å²) in [5.74, 6) is 0. The lowest BCUT2D eigenvalue weighted by Gasteiger charge is -2.24. The van der Waals surface area contributed by atoms with E-state index in [4.69, 9.17) is 0 Å². The largest absolute Gasteiger partial charge is 0.391 e. The fourth-order valence-electron chi connectivity index (χ4n) is 2.60. The maximum absolute atomic E-state index is 10.2. The number of hydrogen-bond acceptors (Lipinski definition) is 2. The molecule has 2 aromatic carbocycles. The number of anilines is 1. The molecule has 20 heavy (non-hydrogen) atoms. The van der Waals surface area contributed by atoms with E-state index in [2.05, 4.69) is 49.1 Å². The van der Waals surface area contributed by atoms with Gasteiger partial charge in [0.25, 0.3) is 0 Å². The summed E-state index contributed by atoms with van der Waals surface area (Å²) in [7, 11) is 2.03. The molecule has 0 aliphatic carbocycles. The summed E-state index contributed by atoms with van der Waals surface area (Å²) < 4.78 is 0. The van der Waals surface area contributed by atoms with Gasteiger partial charge in [-0.25, -0.2) is 0 Å². The van der Waals surface area contributed by atoms with Gasteiger partial charge in [-0.2, -0.15) is 0 Å². The molecule has 2 nitrogen and oxygen atoms in total. The molecule has 106 valence electrons. The van der Waals surface area contributed by atoms with Gasteiger partial charge in [-0.15, -0.1) is 0 Å². The maximum atomic E-state index is 10.2. The fraction of sp³-hybridized carbons (Fsp3) is 0.333. The molecule has 0 radical (unpaired) electrons. The molecule has 0 amide bonds. The molecule has 0 bridgehead atoms. The number of rotatable bonds is 5. The van der Waals surface area contributed by atoms with Crippen molar-refractivity contribution >= 4 is 5.69 Å². The average molecular weight is 269 g/mol. The smallest absolute Gasteiger partial charge is 0.0755 e. The monoisotopic (exact) mass is 269 g/mol. The van der Waals surface area contributed by atoms with Crippen molar-refractivity contribution in [3.8, 4) is 0 Å². The molecule has 0 aliphatic rings. The molecule has 1 atom stereocenters. The first-order chi connectivity index (χ1) is 9.56. The van der Waals surface area contributed by atoms with E-state index >= 15 is 0 Å². The van der Waals surface area contributed by atoms with Gasteiger partial charge in [0.2, 0.25) is 0 Å². The molecular formula is C18H23NO. The second-order valence-electron chi connectivity index (χ2n) is 5.51.